The zero-order valence-electron chi connectivity index (χ0n) is 13.2. The Morgan fingerprint density at radius 2 is 2.14 bits per heavy atom. The summed E-state index contributed by atoms with van der Waals surface area (Å²) in [5.74, 6) is 0.883. The van der Waals surface area contributed by atoms with Crippen LogP contribution in [0.3, 0.4) is 0 Å². The number of rotatable bonds is 2. The smallest absolute Gasteiger partial charge is 0.410 e. The van der Waals surface area contributed by atoms with E-state index in [2.05, 4.69) is 11.9 Å². The van der Waals surface area contributed by atoms with Gasteiger partial charge in [-0.25, -0.2) is 9.78 Å². The van der Waals surface area contributed by atoms with E-state index in [0.29, 0.717) is 19.0 Å². The molecule has 1 aliphatic heterocycles. The van der Waals surface area contributed by atoms with Crippen molar-refractivity contribution in [2.45, 2.75) is 45.8 Å². The number of aromatic nitrogens is 1. The van der Waals surface area contributed by atoms with Crippen molar-refractivity contribution in [2.75, 3.05) is 13.1 Å². The topological polar surface area (TPSA) is 51.7 Å². The van der Waals surface area contributed by atoms with Gasteiger partial charge in [0.2, 0.25) is 5.88 Å². The fourth-order valence-electron chi connectivity index (χ4n) is 2.36. The van der Waals surface area contributed by atoms with Gasteiger partial charge in [0.15, 0.2) is 0 Å². The van der Waals surface area contributed by atoms with Crippen molar-refractivity contribution in [2.24, 2.45) is 5.92 Å². The summed E-state index contributed by atoms with van der Waals surface area (Å²) in [6.07, 6.45) is 2.34. The number of hydrogen-bond acceptors (Lipinski definition) is 4. The van der Waals surface area contributed by atoms with E-state index in [1.54, 1.807) is 11.1 Å². The van der Waals surface area contributed by atoms with Crippen molar-refractivity contribution in [3.8, 4) is 5.88 Å². The van der Waals surface area contributed by atoms with E-state index in [0.717, 1.165) is 6.42 Å². The molecule has 1 amide bonds. The minimum absolute atomic E-state index is 0.0820. The van der Waals surface area contributed by atoms with E-state index in [9.17, 15) is 4.79 Å². The standard InChI is InChI=1S/C16H24N2O3/c1-12-11-18(15(19)21-16(2,3)4)10-8-13(12)20-14-7-5-6-9-17-14/h5-7,9,12-13H,8,10-11H2,1-4H3/t12-,13+/m1/s1. The molecule has 0 aromatic carbocycles. The molecule has 5 nitrogen and oxygen atoms in total. The first-order valence-corrected chi connectivity index (χ1v) is 7.41. The van der Waals surface area contributed by atoms with Crippen LogP contribution < -0.4 is 4.74 Å². The van der Waals surface area contributed by atoms with Crippen molar-refractivity contribution < 1.29 is 14.3 Å². The summed E-state index contributed by atoms with van der Waals surface area (Å²) in [5.41, 5.74) is -0.457. The Bertz CT molecular complexity index is 470. The zero-order valence-corrected chi connectivity index (χ0v) is 13.2. The van der Waals surface area contributed by atoms with E-state index in [1.165, 1.54) is 0 Å². The maximum absolute atomic E-state index is 12.1. The average Bonchev–Trinajstić information content (AvgIpc) is 2.40. The molecule has 2 heterocycles. The van der Waals surface area contributed by atoms with Crippen LogP contribution in [0.4, 0.5) is 4.79 Å². The second-order valence-corrected chi connectivity index (χ2v) is 6.52. The summed E-state index contributed by atoms with van der Waals surface area (Å²) >= 11 is 0. The van der Waals surface area contributed by atoms with Crippen molar-refractivity contribution >= 4 is 6.09 Å². The molecule has 0 aliphatic carbocycles. The van der Waals surface area contributed by atoms with Crippen LogP contribution in [-0.4, -0.2) is 40.8 Å². The lowest BCUT2D eigenvalue weighted by molar-refractivity contribution is -0.000335. The van der Waals surface area contributed by atoms with E-state index in [1.807, 2.05) is 39.0 Å². The number of carbonyl (C=O) groups excluding carboxylic acids is 1. The molecule has 0 spiro atoms. The molecule has 0 N–H and O–H groups in total. The molecule has 116 valence electrons. The number of likely N-dealkylation sites (tertiary alicyclic amines) is 1. The highest BCUT2D eigenvalue weighted by Gasteiger charge is 2.32. The number of amides is 1. The van der Waals surface area contributed by atoms with E-state index >= 15 is 0 Å². The van der Waals surface area contributed by atoms with E-state index in [4.69, 9.17) is 9.47 Å². The molecule has 1 fully saturated rings. The molecule has 0 saturated carbocycles. The molecule has 0 unspecified atom stereocenters. The molecule has 5 heteroatoms. The lowest BCUT2D eigenvalue weighted by atomic mass is 9.97. The van der Waals surface area contributed by atoms with Gasteiger partial charge in [0.1, 0.15) is 11.7 Å². The van der Waals surface area contributed by atoms with Gasteiger partial charge in [-0.2, -0.15) is 0 Å². The largest absolute Gasteiger partial charge is 0.474 e. The molecular formula is C16H24N2O3. The third-order valence-corrected chi connectivity index (χ3v) is 3.39. The summed E-state index contributed by atoms with van der Waals surface area (Å²) in [4.78, 5) is 18.0. The Labute approximate surface area is 126 Å². The van der Waals surface area contributed by atoms with Crippen molar-refractivity contribution in [1.82, 2.24) is 9.88 Å². The van der Waals surface area contributed by atoms with Crippen LogP contribution in [-0.2, 0) is 4.74 Å². The molecule has 2 rings (SSSR count). The summed E-state index contributed by atoms with van der Waals surface area (Å²) in [6, 6.07) is 5.62. The Kier molecular flexibility index (Phi) is 4.70. The highest BCUT2D eigenvalue weighted by molar-refractivity contribution is 5.68. The van der Waals surface area contributed by atoms with Crippen LogP contribution in [0.1, 0.15) is 34.1 Å². The average molecular weight is 292 g/mol. The fraction of sp³-hybridized carbons (Fsp3) is 0.625. The van der Waals surface area contributed by atoms with Gasteiger partial charge in [-0.1, -0.05) is 13.0 Å². The highest BCUT2D eigenvalue weighted by atomic mass is 16.6. The summed E-state index contributed by atoms with van der Waals surface area (Å²) < 4.78 is 11.3. The second kappa shape index (κ2) is 6.33. The zero-order chi connectivity index (χ0) is 15.5. The molecule has 0 radical (unpaired) electrons. The molecule has 21 heavy (non-hydrogen) atoms. The van der Waals surface area contributed by atoms with Crippen LogP contribution in [0.2, 0.25) is 0 Å². The molecule has 1 aromatic heterocycles. The van der Waals surface area contributed by atoms with Crippen LogP contribution in [0.25, 0.3) is 0 Å². The van der Waals surface area contributed by atoms with Gasteiger partial charge in [0.05, 0.1) is 0 Å². The van der Waals surface area contributed by atoms with Gasteiger partial charge in [0.25, 0.3) is 0 Å². The monoisotopic (exact) mass is 292 g/mol. The van der Waals surface area contributed by atoms with Gasteiger partial charge in [-0.3, -0.25) is 0 Å². The maximum Gasteiger partial charge on any atom is 0.410 e. The number of carbonyl (C=O) groups is 1. The minimum atomic E-state index is -0.457. The molecular weight excluding hydrogens is 268 g/mol. The fourth-order valence-corrected chi connectivity index (χ4v) is 2.36. The maximum atomic E-state index is 12.1. The Morgan fingerprint density at radius 1 is 1.38 bits per heavy atom. The SMILES string of the molecule is C[C@@H]1CN(C(=O)OC(C)(C)C)CC[C@@H]1Oc1ccccn1. The molecule has 1 aliphatic rings. The molecule has 1 saturated heterocycles. The van der Waals surface area contributed by atoms with Crippen molar-refractivity contribution in [3.05, 3.63) is 24.4 Å². The predicted octanol–water partition coefficient (Wildman–Crippen LogP) is 3.11. The first kappa shape index (κ1) is 15.6. The van der Waals surface area contributed by atoms with E-state index < -0.39 is 5.60 Å². The van der Waals surface area contributed by atoms with Gasteiger partial charge >= 0.3 is 6.09 Å². The summed E-state index contributed by atoms with van der Waals surface area (Å²) in [6.45, 7) is 9.02. The van der Waals surface area contributed by atoms with Gasteiger partial charge in [-0.15, -0.1) is 0 Å². The van der Waals surface area contributed by atoms with Crippen LogP contribution in [0.5, 0.6) is 5.88 Å². The lowest BCUT2D eigenvalue weighted by Crippen LogP contribution is -2.48. The number of pyridine rings is 1. The number of ether oxygens (including phenoxy) is 2. The molecule has 1 aromatic rings. The second-order valence-electron chi connectivity index (χ2n) is 6.52. The van der Waals surface area contributed by atoms with Crippen LogP contribution in [0, 0.1) is 5.92 Å². The quantitative estimate of drug-likeness (QED) is 0.840. The Morgan fingerprint density at radius 3 is 2.71 bits per heavy atom. The van der Waals surface area contributed by atoms with Crippen molar-refractivity contribution in [1.29, 1.82) is 0 Å². The van der Waals surface area contributed by atoms with Crippen LogP contribution in [0.15, 0.2) is 24.4 Å². The predicted molar refractivity (Wildman–Crippen MR) is 80.2 cm³/mol. The van der Waals surface area contributed by atoms with Crippen LogP contribution >= 0.6 is 0 Å². The van der Waals surface area contributed by atoms with E-state index in [-0.39, 0.29) is 18.1 Å². The number of piperidine rings is 1. The van der Waals surface area contributed by atoms with Gasteiger partial charge in [0, 0.05) is 37.7 Å². The van der Waals surface area contributed by atoms with Gasteiger partial charge in [-0.05, 0) is 26.8 Å². The normalized spacial score (nSPS) is 22.8. The third-order valence-electron chi connectivity index (χ3n) is 3.39. The summed E-state index contributed by atoms with van der Waals surface area (Å²) in [7, 11) is 0. The first-order valence-electron chi connectivity index (χ1n) is 7.41. The number of hydrogen-bond donors (Lipinski definition) is 0. The first-order chi connectivity index (χ1) is 9.85. The Hall–Kier alpha value is -1.78. The highest BCUT2D eigenvalue weighted by Crippen LogP contribution is 2.23. The molecule has 2 atom stereocenters. The van der Waals surface area contributed by atoms with Gasteiger partial charge < -0.3 is 14.4 Å². The van der Waals surface area contributed by atoms with Crippen molar-refractivity contribution in [3.63, 3.8) is 0 Å². The lowest BCUT2D eigenvalue weighted by Gasteiger charge is -2.37. The third kappa shape index (κ3) is 4.62. The number of nitrogens with zero attached hydrogens (tertiary/aromatic N) is 2. The minimum Gasteiger partial charge on any atom is -0.474 e. The molecule has 0 bridgehead atoms. The Balaban J connectivity index is 1.89. The summed E-state index contributed by atoms with van der Waals surface area (Å²) in [5, 5.41) is 0.